The molecule has 22 heavy (non-hydrogen) atoms. The average Bonchev–Trinajstić information content (AvgIpc) is 2.94. The van der Waals surface area contributed by atoms with Crippen LogP contribution in [0.2, 0.25) is 0 Å². The summed E-state index contributed by atoms with van der Waals surface area (Å²) in [5.41, 5.74) is 2.27. The quantitative estimate of drug-likeness (QED) is 0.679. The molecule has 0 fully saturated rings. The molecule has 0 radical (unpaired) electrons. The van der Waals surface area contributed by atoms with E-state index in [-0.39, 0.29) is 18.2 Å². The summed E-state index contributed by atoms with van der Waals surface area (Å²) in [5.74, 6) is -0.791. The number of aryl methyl sites for hydroxylation is 1. The van der Waals surface area contributed by atoms with Crippen molar-refractivity contribution >= 4 is 34.4 Å². The van der Waals surface area contributed by atoms with E-state index in [0.717, 1.165) is 11.1 Å². The molecule has 5 nitrogen and oxygen atoms in total. The first-order valence-corrected chi connectivity index (χ1v) is 7.65. The second-order valence-corrected chi connectivity index (χ2v) is 5.35. The molecule has 0 aliphatic carbocycles. The van der Waals surface area contributed by atoms with Crippen LogP contribution < -0.4 is 5.32 Å². The minimum atomic E-state index is -0.491. The standard InChI is InChI=1S/C16H16N2O3S/c1-3-21-15(20)13-10-22-16(17-13)18-14(19)8-7-12-6-4-5-11(2)9-12/h4-10H,3H2,1-2H3,(H,17,18,19)/b8-7+. The number of benzene rings is 1. The maximum absolute atomic E-state index is 11.8. The van der Waals surface area contributed by atoms with Crippen molar-refractivity contribution < 1.29 is 14.3 Å². The first kappa shape index (κ1) is 15.9. The van der Waals surface area contributed by atoms with E-state index in [0.29, 0.717) is 5.13 Å². The lowest BCUT2D eigenvalue weighted by Crippen LogP contribution is -2.09. The summed E-state index contributed by atoms with van der Waals surface area (Å²) in [5, 5.41) is 4.53. The van der Waals surface area contributed by atoms with Crippen LogP contribution >= 0.6 is 11.3 Å². The minimum absolute atomic E-state index is 0.199. The van der Waals surface area contributed by atoms with Crippen molar-refractivity contribution in [1.82, 2.24) is 4.98 Å². The molecule has 114 valence electrons. The molecule has 1 aromatic carbocycles. The number of rotatable bonds is 5. The molecule has 0 spiro atoms. The topological polar surface area (TPSA) is 68.3 Å². The number of carbonyl (C=O) groups excluding carboxylic acids is 2. The van der Waals surface area contributed by atoms with Gasteiger partial charge in [-0.2, -0.15) is 0 Å². The van der Waals surface area contributed by atoms with E-state index in [9.17, 15) is 9.59 Å². The Kier molecular flexibility index (Phi) is 5.43. The lowest BCUT2D eigenvalue weighted by Gasteiger charge is -1.98. The van der Waals surface area contributed by atoms with Crippen molar-refractivity contribution in [2.45, 2.75) is 13.8 Å². The first-order chi connectivity index (χ1) is 10.6. The maximum atomic E-state index is 11.8. The number of ether oxygens (including phenoxy) is 1. The van der Waals surface area contributed by atoms with Gasteiger partial charge in [-0.3, -0.25) is 10.1 Å². The molecule has 1 amide bonds. The molecule has 0 atom stereocenters. The van der Waals surface area contributed by atoms with Crippen molar-refractivity contribution in [2.75, 3.05) is 11.9 Å². The third-order valence-electron chi connectivity index (χ3n) is 2.69. The zero-order chi connectivity index (χ0) is 15.9. The van der Waals surface area contributed by atoms with Crippen LogP contribution in [0, 0.1) is 6.92 Å². The zero-order valence-electron chi connectivity index (χ0n) is 12.3. The highest BCUT2D eigenvalue weighted by molar-refractivity contribution is 7.14. The number of nitrogens with zero attached hydrogens (tertiary/aromatic N) is 1. The number of thiazole rings is 1. The summed E-state index contributed by atoms with van der Waals surface area (Å²) in [6.07, 6.45) is 3.16. The largest absolute Gasteiger partial charge is 0.461 e. The predicted octanol–water partition coefficient (Wildman–Crippen LogP) is 3.28. The molecule has 0 bridgehead atoms. The summed E-state index contributed by atoms with van der Waals surface area (Å²) < 4.78 is 4.84. The van der Waals surface area contributed by atoms with Gasteiger partial charge in [0.15, 0.2) is 10.8 Å². The molecule has 0 unspecified atom stereocenters. The van der Waals surface area contributed by atoms with Crippen molar-refractivity contribution in [3.8, 4) is 0 Å². The van der Waals surface area contributed by atoms with E-state index in [1.165, 1.54) is 17.4 Å². The SMILES string of the molecule is CCOC(=O)c1csc(NC(=O)/C=C/c2cccc(C)c2)n1. The Bertz CT molecular complexity index is 707. The number of esters is 1. The molecule has 6 heteroatoms. The smallest absolute Gasteiger partial charge is 0.357 e. The number of hydrogen-bond donors (Lipinski definition) is 1. The number of anilines is 1. The molecule has 0 aliphatic rings. The second-order valence-electron chi connectivity index (χ2n) is 4.50. The van der Waals surface area contributed by atoms with Gasteiger partial charge in [0.2, 0.25) is 5.91 Å². The van der Waals surface area contributed by atoms with Gasteiger partial charge >= 0.3 is 5.97 Å². The highest BCUT2D eigenvalue weighted by Crippen LogP contribution is 2.16. The van der Waals surface area contributed by atoms with Crippen LogP contribution in [0.25, 0.3) is 6.08 Å². The summed E-state index contributed by atoms with van der Waals surface area (Å²) in [6.45, 7) is 4.00. The molecule has 0 aliphatic heterocycles. The van der Waals surface area contributed by atoms with Crippen LogP contribution in [0.5, 0.6) is 0 Å². The van der Waals surface area contributed by atoms with Crippen LogP contribution in [-0.4, -0.2) is 23.5 Å². The summed E-state index contributed by atoms with van der Waals surface area (Å²) >= 11 is 1.18. The zero-order valence-corrected chi connectivity index (χ0v) is 13.1. The Morgan fingerprint density at radius 3 is 2.95 bits per heavy atom. The van der Waals surface area contributed by atoms with Crippen molar-refractivity contribution in [2.24, 2.45) is 0 Å². The van der Waals surface area contributed by atoms with E-state index in [4.69, 9.17) is 4.74 Å². The summed E-state index contributed by atoms with van der Waals surface area (Å²) in [4.78, 5) is 27.3. The van der Waals surface area contributed by atoms with E-state index >= 15 is 0 Å². The fourth-order valence-corrected chi connectivity index (χ4v) is 2.41. The van der Waals surface area contributed by atoms with Gasteiger partial charge in [-0.1, -0.05) is 29.8 Å². The molecular formula is C16H16N2O3S. The second kappa shape index (κ2) is 7.51. The number of aromatic nitrogens is 1. The lowest BCUT2D eigenvalue weighted by molar-refractivity contribution is -0.111. The monoisotopic (exact) mass is 316 g/mol. The Morgan fingerprint density at radius 1 is 1.41 bits per heavy atom. The molecule has 2 aromatic rings. The van der Waals surface area contributed by atoms with Crippen molar-refractivity contribution in [3.63, 3.8) is 0 Å². The van der Waals surface area contributed by atoms with Gasteiger partial charge in [0.25, 0.3) is 0 Å². The van der Waals surface area contributed by atoms with Crippen LogP contribution in [-0.2, 0) is 9.53 Å². The number of amides is 1. The molecule has 2 rings (SSSR count). The normalized spacial score (nSPS) is 10.6. The average molecular weight is 316 g/mol. The fraction of sp³-hybridized carbons (Fsp3) is 0.188. The fourth-order valence-electron chi connectivity index (χ4n) is 1.72. The molecule has 0 saturated heterocycles. The predicted molar refractivity (Wildman–Crippen MR) is 86.9 cm³/mol. The first-order valence-electron chi connectivity index (χ1n) is 6.77. The van der Waals surface area contributed by atoms with Gasteiger partial charge in [-0.15, -0.1) is 11.3 Å². The van der Waals surface area contributed by atoms with Gasteiger partial charge in [-0.05, 0) is 25.5 Å². The number of hydrogen-bond acceptors (Lipinski definition) is 5. The van der Waals surface area contributed by atoms with Gasteiger partial charge in [-0.25, -0.2) is 9.78 Å². The Morgan fingerprint density at radius 2 is 2.23 bits per heavy atom. The van der Waals surface area contributed by atoms with E-state index in [2.05, 4.69) is 10.3 Å². The van der Waals surface area contributed by atoms with Crippen molar-refractivity contribution in [1.29, 1.82) is 0 Å². The Hall–Kier alpha value is -2.47. The van der Waals surface area contributed by atoms with Gasteiger partial charge in [0.1, 0.15) is 0 Å². The third-order valence-corrected chi connectivity index (χ3v) is 3.45. The highest BCUT2D eigenvalue weighted by atomic mass is 32.1. The van der Waals surface area contributed by atoms with Gasteiger partial charge in [0.05, 0.1) is 6.61 Å². The van der Waals surface area contributed by atoms with Crippen LogP contribution in [0.15, 0.2) is 35.7 Å². The van der Waals surface area contributed by atoms with Crippen LogP contribution in [0.3, 0.4) is 0 Å². The minimum Gasteiger partial charge on any atom is -0.461 e. The maximum Gasteiger partial charge on any atom is 0.357 e. The van der Waals surface area contributed by atoms with Crippen LogP contribution in [0.4, 0.5) is 5.13 Å². The van der Waals surface area contributed by atoms with Crippen molar-refractivity contribution in [3.05, 3.63) is 52.5 Å². The third kappa shape index (κ3) is 4.53. The molecule has 1 N–H and O–H groups in total. The number of nitrogens with one attached hydrogen (secondary N) is 1. The summed E-state index contributed by atoms with van der Waals surface area (Å²) in [7, 11) is 0. The Labute approximate surface area is 132 Å². The molecule has 0 saturated carbocycles. The highest BCUT2D eigenvalue weighted by Gasteiger charge is 2.12. The molecule has 1 heterocycles. The lowest BCUT2D eigenvalue weighted by atomic mass is 10.1. The summed E-state index contributed by atoms with van der Waals surface area (Å²) in [6, 6.07) is 7.81. The molecule has 1 aromatic heterocycles. The van der Waals surface area contributed by atoms with E-state index in [1.807, 2.05) is 31.2 Å². The molecular weight excluding hydrogens is 300 g/mol. The van der Waals surface area contributed by atoms with Gasteiger partial charge < -0.3 is 4.74 Å². The van der Waals surface area contributed by atoms with E-state index < -0.39 is 5.97 Å². The van der Waals surface area contributed by atoms with Crippen LogP contribution in [0.1, 0.15) is 28.5 Å². The Balaban J connectivity index is 1.96. The van der Waals surface area contributed by atoms with Gasteiger partial charge in [0, 0.05) is 11.5 Å². The number of carbonyl (C=O) groups is 2. The van der Waals surface area contributed by atoms with E-state index in [1.54, 1.807) is 18.4 Å².